The molecule has 0 amide bonds. The molecule has 0 N–H and O–H groups in total. The van der Waals surface area contributed by atoms with E-state index in [9.17, 15) is 4.21 Å². The fourth-order valence-corrected chi connectivity index (χ4v) is 4.56. The molecule has 3 nitrogen and oxygen atoms in total. The van der Waals surface area contributed by atoms with Crippen molar-refractivity contribution in [3.8, 4) is 5.75 Å². The van der Waals surface area contributed by atoms with E-state index in [2.05, 4.69) is 30.4 Å². The molecule has 0 spiro atoms. The Bertz CT molecular complexity index is 832. The lowest BCUT2D eigenvalue weighted by Gasteiger charge is -2.11. The van der Waals surface area contributed by atoms with E-state index < -0.39 is 11.0 Å². The van der Waals surface area contributed by atoms with E-state index in [1.807, 2.05) is 39.0 Å². The van der Waals surface area contributed by atoms with Gasteiger partial charge in [-0.1, -0.05) is 36.8 Å². The third kappa shape index (κ3) is 3.03. The van der Waals surface area contributed by atoms with Gasteiger partial charge in [-0.15, -0.1) is 0 Å². The van der Waals surface area contributed by atoms with Crippen LogP contribution in [-0.4, -0.2) is 16.5 Å². The van der Waals surface area contributed by atoms with Crippen LogP contribution in [0.5, 0.6) is 5.75 Å². The maximum absolute atomic E-state index is 12.9. The lowest BCUT2D eigenvalue weighted by atomic mass is 9.95. The third-order valence-corrected chi connectivity index (χ3v) is 5.87. The van der Waals surface area contributed by atoms with Crippen molar-refractivity contribution in [1.29, 1.82) is 0 Å². The number of fused-ring (bicyclic) bond motifs is 1. The van der Waals surface area contributed by atoms with Crippen molar-refractivity contribution in [3.05, 3.63) is 58.1 Å². The second kappa shape index (κ2) is 6.52. The van der Waals surface area contributed by atoms with E-state index in [1.165, 1.54) is 11.1 Å². The van der Waals surface area contributed by atoms with Crippen molar-refractivity contribution in [2.24, 2.45) is 4.40 Å². The fraction of sp³-hybridized carbons (Fsp3) is 0.350. The zero-order valence-electron chi connectivity index (χ0n) is 14.8. The van der Waals surface area contributed by atoms with Crippen LogP contribution >= 0.6 is 0 Å². The summed E-state index contributed by atoms with van der Waals surface area (Å²) >= 11 is 0. The summed E-state index contributed by atoms with van der Waals surface area (Å²) in [6.45, 7) is 10.8. The summed E-state index contributed by atoms with van der Waals surface area (Å²) in [5.74, 6) is 1.25. The average molecular weight is 341 g/mol. The van der Waals surface area contributed by atoms with Crippen LogP contribution in [0.2, 0.25) is 0 Å². The zero-order chi connectivity index (χ0) is 17.4. The molecule has 126 valence electrons. The molecule has 0 aromatic heterocycles. The highest BCUT2D eigenvalue weighted by Crippen LogP contribution is 2.36. The normalized spacial score (nSPS) is 18.2. The lowest BCUT2D eigenvalue weighted by Crippen LogP contribution is -2.05. The van der Waals surface area contributed by atoms with Gasteiger partial charge in [0.15, 0.2) is 11.0 Å². The molecular formula is C20H23NO2S. The van der Waals surface area contributed by atoms with Crippen LogP contribution in [0, 0.1) is 20.8 Å². The summed E-state index contributed by atoms with van der Waals surface area (Å²) in [4.78, 5) is 0.817. The quantitative estimate of drug-likeness (QED) is 0.763. The highest BCUT2D eigenvalue weighted by atomic mass is 32.2. The van der Waals surface area contributed by atoms with Crippen molar-refractivity contribution in [1.82, 2.24) is 0 Å². The number of nitrogens with zero attached hydrogens (tertiary/aromatic N) is 1. The molecule has 3 rings (SSSR count). The van der Waals surface area contributed by atoms with Gasteiger partial charge in [0, 0.05) is 17.0 Å². The fourth-order valence-electron chi connectivity index (χ4n) is 3.45. The van der Waals surface area contributed by atoms with Gasteiger partial charge in [-0.05, 0) is 44.9 Å². The first-order valence-electron chi connectivity index (χ1n) is 8.19. The Labute approximate surface area is 146 Å². The first kappa shape index (κ1) is 16.9. The SMILES string of the molecule is C/C(=N\[S@@](=O)c1c(C)cc(C)cc1C)c1cccc2c1[C@@H](C)CO2. The minimum absolute atomic E-state index is 0.331. The van der Waals surface area contributed by atoms with Crippen molar-refractivity contribution >= 4 is 16.7 Å². The standard InChI is InChI=1S/C20H23NO2S/c1-12-9-13(2)20(14(3)10-12)24(22)21-16(5)17-7-6-8-18-19(17)15(4)11-23-18/h6-10,15H,11H2,1-5H3/b21-16+/t15-,24-/m0/s1. The summed E-state index contributed by atoms with van der Waals surface area (Å²) in [6.07, 6.45) is 0. The number of aryl methyl sites for hydroxylation is 3. The van der Waals surface area contributed by atoms with E-state index in [4.69, 9.17) is 4.74 Å². The van der Waals surface area contributed by atoms with E-state index in [0.29, 0.717) is 12.5 Å². The van der Waals surface area contributed by atoms with Crippen LogP contribution in [0.4, 0.5) is 0 Å². The highest BCUT2D eigenvalue weighted by molar-refractivity contribution is 7.84. The molecule has 2 atom stereocenters. The lowest BCUT2D eigenvalue weighted by molar-refractivity contribution is 0.337. The van der Waals surface area contributed by atoms with Crippen LogP contribution < -0.4 is 4.74 Å². The molecule has 2 aromatic carbocycles. The van der Waals surface area contributed by atoms with Crippen LogP contribution in [0.3, 0.4) is 0 Å². The first-order chi connectivity index (χ1) is 11.4. The molecule has 0 bridgehead atoms. The number of benzene rings is 2. The maximum atomic E-state index is 12.9. The van der Waals surface area contributed by atoms with Gasteiger partial charge in [0.1, 0.15) is 5.75 Å². The molecule has 24 heavy (non-hydrogen) atoms. The minimum Gasteiger partial charge on any atom is -0.493 e. The Balaban J connectivity index is 2.01. The van der Waals surface area contributed by atoms with Crippen molar-refractivity contribution in [3.63, 3.8) is 0 Å². The summed E-state index contributed by atoms with van der Waals surface area (Å²) in [6, 6.07) is 10.1. The van der Waals surface area contributed by atoms with Crippen LogP contribution in [0.25, 0.3) is 0 Å². The van der Waals surface area contributed by atoms with Gasteiger partial charge in [-0.3, -0.25) is 0 Å². The Morgan fingerprint density at radius 3 is 2.54 bits per heavy atom. The number of hydrogen-bond donors (Lipinski definition) is 0. The van der Waals surface area contributed by atoms with E-state index >= 15 is 0 Å². The molecule has 1 aliphatic rings. The molecule has 2 aromatic rings. The largest absolute Gasteiger partial charge is 0.493 e. The predicted molar refractivity (Wildman–Crippen MR) is 99.6 cm³/mol. The predicted octanol–water partition coefficient (Wildman–Crippen LogP) is 4.64. The molecule has 0 aliphatic carbocycles. The molecule has 0 saturated carbocycles. The molecule has 0 fully saturated rings. The number of ether oxygens (including phenoxy) is 1. The van der Waals surface area contributed by atoms with Crippen LogP contribution in [0.1, 0.15) is 47.6 Å². The Morgan fingerprint density at radius 1 is 1.21 bits per heavy atom. The van der Waals surface area contributed by atoms with Crippen LogP contribution in [0.15, 0.2) is 39.6 Å². The molecular weight excluding hydrogens is 318 g/mol. The molecule has 0 saturated heterocycles. The summed E-state index contributed by atoms with van der Waals surface area (Å²) < 4.78 is 23.1. The van der Waals surface area contributed by atoms with Gasteiger partial charge >= 0.3 is 0 Å². The van der Waals surface area contributed by atoms with Gasteiger partial charge < -0.3 is 4.74 Å². The Kier molecular flexibility index (Phi) is 4.59. The van der Waals surface area contributed by atoms with Gasteiger partial charge in [-0.2, -0.15) is 4.40 Å². The topological polar surface area (TPSA) is 38.7 Å². The zero-order valence-corrected chi connectivity index (χ0v) is 15.7. The van der Waals surface area contributed by atoms with Gasteiger partial charge in [0.2, 0.25) is 0 Å². The second-order valence-electron chi connectivity index (χ2n) is 6.58. The minimum atomic E-state index is -1.41. The monoisotopic (exact) mass is 341 g/mol. The summed E-state index contributed by atoms with van der Waals surface area (Å²) in [7, 11) is -1.41. The van der Waals surface area contributed by atoms with Gasteiger partial charge in [0.05, 0.1) is 17.2 Å². The van der Waals surface area contributed by atoms with Crippen molar-refractivity contribution in [2.75, 3.05) is 6.61 Å². The maximum Gasteiger partial charge on any atom is 0.173 e. The molecule has 4 heteroatoms. The van der Waals surface area contributed by atoms with Gasteiger partial charge in [-0.25, -0.2) is 4.21 Å². The van der Waals surface area contributed by atoms with Crippen LogP contribution in [-0.2, 0) is 11.0 Å². The molecule has 0 unspecified atom stereocenters. The van der Waals surface area contributed by atoms with Crippen molar-refractivity contribution in [2.45, 2.75) is 45.4 Å². The Hall–Kier alpha value is -1.94. The molecule has 1 heterocycles. The highest BCUT2D eigenvalue weighted by Gasteiger charge is 2.24. The van der Waals surface area contributed by atoms with E-state index in [0.717, 1.165) is 33.0 Å². The molecule has 1 aliphatic heterocycles. The summed E-state index contributed by atoms with van der Waals surface area (Å²) in [5.41, 5.74) is 6.23. The van der Waals surface area contributed by atoms with Crippen molar-refractivity contribution < 1.29 is 8.95 Å². The number of hydrogen-bond acceptors (Lipinski definition) is 2. The van der Waals surface area contributed by atoms with Gasteiger partial charge in [0.25, 0.3) is 0 Å². The first-order valence-corrected chi connectivity index (χ1v) is 9.30. The Morgan fingerprint density at radius 2 is 1.88 bits per heavy atom. The number of rotatable bonds is 3. The average Bonchev–Trinajstić information content (AvgIpc) is 2.87. The summed E-state index contributed by atoms with van der Waals surface area (Å²) in [5, 5.41) is 0. The molecule has 0 radical (unpaired) electrons. The van der Waals surface area contributed by atoms with E-state index in [-0.39, 0.29) is 0 Å². The van der Waals surface area contributed by atoms with E-state index in [1.54, 1.807) is 0 Å². The smallest absolute Gasteiger partial charge is 0.173 e. The second-order valence-corrected chi connectivity index (χ2v) is 7.67. The third-order valence-electron chi connectivity index (χ3n) is 4.44.